The number of imide groups is 1. The van der Waals surface area contributed by atoms with Crippen LogP contribution < -0.4 is 11.1 Å². The first-order valence-electron chi connectivity index (χ1n) is 7.58. The predicted molar refractivity (Wildman–Crippen MR) is 94.2 cm³/mol. The fourth-order valence-corrected chi connectivity index (χ4v) is 2.61. The number of amides is 3. The lowest BCUT2D eigenvalue weighted by Gasteiger charge is -2.17. The van der Waals surface area contributed by atoms with Crippen LogP contribution in [0.15, 0.2) is 29.2 Å². The third-order valence-electron chi connectivity index (χ3n) is 3.20. The van der Waals surface area contributed by atoms with Crippen LogP contribution in [-0.2, 0) is 14.3 Å². The van der Waals surface area contributed by atoms with Crippen molar-refractivity contribution in [2.24, 2.45) is 11.1 Å². The highest BCUT2D eigenvalue weighted by molar-refractivity contribution is 8.00. The minimum Gasteiger partial charge on any atom is -0.454 e. The molecule has 0 aliphatic carbocycles. The molecule has 0 radical (unpaired) electrons. The first kappa shape index (κ1) is 20.7. The molecule has 8 heteroatoms. The first-order valence-corrected chi connectivity index (χ1v) is 8.46. The van der Waals surface area contributed by atoms with Gasteiger partial charge in [-0.3, -0.25) is 14.9 Å². The Bertz CT molecular complexity index is 682. The number of rotatable bonds is 6. The lowest BCUT2D eigenvalue weighted by Crippen LogP contribution is -2.39. The molecular weight excluding hydrogens is 344 g/mol. The van der Waals surface area contributed by atoms with E-state index in [0.29, 0.717) is 4.90 Å². The average Bonchev–Trinajstić information content (AvgIpc) is 2.51. The highest BCUT2D eigenvalue weighted by Crippen LogP contribution is 2.27. The van der Waals surface area contributed by atoms with Crippen LogP contribution in [0, 0.1) is 5.41 Å². The minimum absolute atomic E-state index is 0.194. The molecule has 0 saturated heterocycles. The van der Waals surface area contributed by atoms with Crippen molar-refractivity contribution < 1.29 is 23.9 Å². The number of hydrogen-bond acceptors (Lipinski definition) is 6. The number of carbonyl (C=O) groups excluding carboxylic acids is 4. The molecular formula is C17H22N2O5S. The first-order chi connectivity index (χ1) is 11.5. The molecule has 25 heavy (non-hydrogen) atoms. The number of esters is 1. The molecule has 0 aromatic heterocycles. The number of thioether (sulfide) groups is 1. The Balaban J connectivity index is 2.82. The SMILES string of the molecule is C[C@H](Sc1ccccc1C(=O)OCC(=O)C(C)(C)C)C(=O)NC(N)=O. The molecule has 1 aromatic rings. The molecule has 0 aliphatic rings. The van der Waals surface area contributed by atoms with Gasteiger partial charge in [0.2, 0.25) is 5.91 Å². The molecule has 0 bridgehead atoms. The monoisotopic (exact) mass is 366 g/mol. The summed E-state index contributed by atoms with van der Waals surface area (Å²) in [4.78, 5) is 47.2. The molecule has 3 amide bonds. The Morgan fingerprint density at radius 1 is 1.20 bits per heavy atom. The summed E-state index contributed by atoms with van der Waals surface area (Å²) in [5.74, 6) is -1.41. The molecule has 0 heterocycles. The topological polar surface area (TPSA) is 116 Å². The van der Waals surface area contributed by atoms with Gasteiger partial charge >= 0.3 is 12.0 Å². The highest BCUT2D eigenvalue weighted by Gasteiger charge is 2.24. The largest absolute Gasteiger partial charge is 0.454 e. The Hall–Kier alpha value is -2.35. The maximum Gasteiger partial charge on any atom is 0.339 e. The van der Waals surface area contributed by atoms with Gasteiger partial charge in [0.25, 0.3) is 0 Å². The molecule has 3 N–H and O–H groups in total. The van der Waals surface area contributed by atoms with Crippen LogP contribution in [-0.4, -0.2) is 35.5 Å². The van der Waals surface area contributed by atoms with E-state index < -0.39 is 28.6 Å². The summed E-state index contributed by atoms with van der Waals surface area (Å²) in [6, 6.07) is 5.62. The van der Waals surface area contributed by atoms with Crippen molar-refractivity contribution >= 4 is 35.5 Å². The third-order valence-corrected chi connectivity index (χ3v) is 4.37. The number of benzene rings is 1. The normalized spacial score (nSPS) is 12.2. The molecule has 0 unspecified atom stereocenters. The summed E-state index contributed by atoms with van der Waals surface area (Å²) in [6.07, 6.45) is 0. The van der Waals surface area contributed by atoms with E-state index in [4.69, 9.17) is 10.5 Å². The van der Waals surface area contributed by atoms with E-state index in [1.165, 1.54) is 0 Å². The van der Waals surface area contributed by atoms with Crippen molar-refractivity contribution in [1.29, 1.82) is 0 Å². The number of Topliss-reactive ketones (excluding diaryl/α,β-unsaturated/α-hetero) is 1. The van der Waals surface area contributed by atoms with Crippen LogP contribution in [0.25, 0.3) is 0 Å². The van der Waals surface area contributed by atoms with Gasteiger partial charge in [0.05, 0.1) is 10.8 Å². The van der Waals surface area contributed by atoms with E-state index in [9.17, 15) is 19.2 Å². The minimum atomic E-state index is -0.939. The average molecular weight is 366 g/mol. The standard InChI is InChI=1S/C17H22N2O5S/c1-10(14(21)19-16(18)23)25-12-8-6-5-7-11(12)15(22)24-9-13(20)17(2,3)4/h5-8,10H,9H2,1-4H3,(H3,18,19,21,23)/t10-/m0/s1. The van der Waals surface area contributed by atoms with Crippen molar-refractivity contribution in [3.63, 3.8) is 0 Å². The maximum absolute atomic E-state index is 12.3. The Kier molecular flexibility index (Phi) is 7.17. The highest BCUT2D eigenvalue weighted by atomic mass is 32.2. The summed E-state index contributed by atoms with van der Waals surface area (Å²) in [6.45, 7) is 6.48. The van der Waals surface area contributed by atoms with Crippen molar-refractivity contribution in [2.75, 3.05) is 6.61 Å². The summed E-state index contributed by atoms with van der Waals surface area (Å²) in [7, 11) is 0. The number of carbonyl (C=O) groups is 4. The lowest BCUT2D eigenvalue weighted by molar-refractivity contribution is -0.129. The number of urea groups is 1. The van der Waals surface area contributed by atoms with Gasteiger partial charge in [-0.25, -0.2) is 9.59 Å². The van der Waals surface area contributed by atoms with E-state index in [2.05, 4.69) is 0 Å². The van der Waals surface area contributed by atoms with Gasteiger partial charge in [-0.15, -0.1) is 11.8 Å². The van der Waals surface area contributed by atoms with Crippen LogP contribution in [0.5, 0.6) is 0 Å². The number of primary amides is 1. The van der Waals surface area contributed by atoms with E-state index in [1.54, 1.807) is 52.0 Å². The second-order valence-corrected chi connectivity index (χ2v) is 7.74. The number of hydrogen-bond donors (Lipinski definition) is 2. The summed E-state index contributed by atoms with van der Waals surface area (Å²) in [5.41, 5.74) is 4.56. The van der Waals surface area contributed by atoms with Gasteiger partial charge in [-0.1, -0.05) is 32.9 Å². The molecule has 0 spiro atoms. The zero-order chi connectivity index (χ0) is 19.2. The van der Waals surface area contributed by atoms with Crippen LogP contribution >= 0.6 is 11.8 Å². The number of ketones is 1. The number of ether oxygens (including phenoxy) is 1. The second kappa shape index (κ2) is 8.66. The molecule has 0 fully saturated rings. The van der Waals surface area contributed by atoms with Crippen molar-refractivity contribution in [1.82, 2.24) is 5.32 Å². The molecule has 1 rings (SSSR count). The second-order valence-electron chi connectivity index (χ2n) is 6.36. The van der Waals surface area contributed by atoms with Gasteiger partial charge < -0.3 is 10.5 Å². The molecule has 1 atom stereocenters. The van der Waals surface area contributed by atoms with Crippen LogP contribution in [0.3, 0.4) is 0 Å². The van der Waals surface area contributed by atoms with Crippen molar-refractivity contribution in [3.05, 3.63) is 29.8 Å². The van der Waals surface area contributed by atoms with Gasteiger partial charge in [0.1, 0.15) is 0 Å². The van der Waals surface area contributed by atoms with Crippen LogP contribution in [0.1, 0.15) is 38.1 Å². The zero-order valence-electron chi connectivity index (χ0n) is 14.6. The summed E-state index contributed by atoms with van der Waals surface area (Å²) < 4.78 is 5.09. The molecule has 7 nitrogen and oxygen atoms in total. The van der Waals surface area contributed by atoms with Crippen LogP contribution in [0.2, 0.25) is 0 Å². The van der Waals surface area contributed by atoms with Crippen molar-refractivity contribution in [2.45, 2.75) is 37.8 Å². The summed E-state index contributed by atoms with van der Waals surface area (Å²) in [5, 5.41) is 1.33. The zero-order valence-corrected chi connectivity index (χ0v) is 15.4. The molecule has 0 aliphatic heterocycles. The number of nitrogens with one attached hydrogen (secondary N) is 1. The molecule has 1 aromatic carbocycles. The lowest BCUT2D eigenvalue weighted by atomic mass is 9.91. The van der Waals surface area contributed by atoms with E-state index in [0.717, 1.165) is 11.8 Å². The Morgan fingerprint density at radius 3 is 2.36 bits per heavy atom. The Labute approximate surface area is 150 Å². The van der Waals surface area contributed by atoms with Gasteiger partial charge in [-0.2, -0.15) is 0 Å². The summed E-state index contributed by atoms with van der Waals surface area (Å²) >= 11 is 1.08. The third kappa shape index (κ3) is 6.58. The van der Waals surface area contributed by atoms with Crippen molar-refractivity contribution in [3.8, 4) is 0 Å². The Morgan fingerprint density at radius 2 is 1.80 bits per heavy atom. The van der Waals surface area contributed by atoms with Gasteiger partial charge in [0.15, 0.2) is 12.4 Å². The smallest absolute Gasteiger partial charge is 0.339 e. The molecule has 0 saturated carbocycles. The number of nitrogens with two attached hydrogens (primary N) is 1. The quantitative estimate of drug-likeness (QED) is 0.589. The van der Waals surface area contributed by atoms with Crippen LogP contribution in [0.4, 0.5) is 4.79 Å². The molecule has 136 valence electrons. The van der Waals surface area contributed by atoms with E-state index in [1.807, 2.05) is 5.32 Å². The van der Waals surface area contributed by atoms with Gasteiger partial charge in [0, 0.05) is 10.3 Å². The predicted octanol–water partition coefficient (Wildman–Crippen LogP) is 2.13. The fraction of sp³-hybridized carbons (Fsp3) is 0.412. The van der Waals surface area contributed by atoms with E-state index in [-0.39, 0.29) is 18.0 Å². The maximum atomic E-state index is 12.3. The van der Waals surface area contributed by atoms with Gasteiger partial charge in [-0.05, 0) is 19.1 Å². The fourth-order valence-electron chi connectivity index (χ4n) is 1.63. The van der Waals surface area contributed by atoms with E-state index >= 15 is 0 Å².